The van der Waals surface area contributed by atoms with E-state index in [4.69, 9.17) is 4.74 Å². The molecule has 6 nitrogen and oxygen atoms in total. The smallest absolute Gasteiger partial charge is 0.300 e. The number of benzene rings is 2. The van der Waals surface area contributed by atoms with Crippen LogP contribution in [0.15, 0.2) is 72.4 Å². The molecule has 1 aromatic heterocycles. The lowest BCUT2D eigenvalue weighted by Crippen LogP contribution is -2.30. The Balaban J connectivity index is 1.86. The second-order valence-corrected chi connectivity index (χ2v) is 7.71. The van der Waals surface area contributed by atoms with Crippen LogP contribution < -0.4 is 9.64 Å². The maximum Gasteiger partial charge on any atom is 0.300 e. The molecule has 4 rings (SSSR count). The average molecular weight is 450 g/mol. The van der Waals surface area contributed by atoms with E-state index in [0.717, 1.165) is 17.0 Å². The summed E-state index contributed by atoms with van der Waals surface area (Å²) in [5, 5.41) is 11.1. The van der Waals surface area contributed by atoms with Crippen LogP contribution in [0.4, 0.5) is 14.5 Å². The van der Waals surface area contributed by atoms with E-state index in [9.17, 15) is 23.5 Å². The second kappa shape index (κ2) is 8.82. The van der Waals surface area contributed by atoms with Gasteiger partial charge in [-0.1, -0.05) is 6.07 Å². The molecule has 0 bridgehead atoms. The van der Waals surface area contributed by atoms with Crippen LogP contribution in [0.5, 0.6) is 5.75 Å². The largest absolute Gasteiger partial charge is 0.507 e. The number of hydrogen-bond donors (Lipinski definition) is 1. The van der Waals surface area contributed by atoms with Crippen LogP contribution in [-0.2, 0) is 9.59 Å². The van der Waals surface area contributed by atoms with Crippen molar-refractivity contribution in [2.24, 2.45) is 0 Å². The van der Waals surface area contributed by atoms with Crippen molar-refractivity contribution in [1.29, 1.82) is 0 Å². The van der Waals surface area contributed by atoms with E-state index in [0.29, 0.717) is 5.75 Å². The van der Waals surface area contributed by atoms with Gasteiger partial charge in [-0.25, -0.2) is 8.78 Å². The Bertz CT molecular complexity index is 1240. The van der Waals surface area contributed by atoms with Gasteiger partial charge in [0.1, 0.15) is 17.6 Å². The fourth-order valence-electron chi connectivity index (χ4n) is 3.67. The number of aliphatic hydroxyl groups excluding tert-OH is 1. The van der Waals surface area contributed by atoms with E-state index in [2.05, 4.69) is 4.98 Å². The van der Waals surface area contributed by atoms with Gasteiger partial charge in [-0.15, -0.1) is 0 Å². The molecule has 3 aromatic rings. The lowest BCUT2D eigenvalue weighted by molar-refractivity contribution is -0.132. The normalized spacial score (nSPS) is 17.6. The van der Waals surface area contributed by atoms with Gasteiger partial charge in [0.25, 0.3) is 11.7 Å². The summed E-state index contributed by atoms with van der Waals surface area (Å²) in [4.78, 5) is 31.2. The average Bonchev–Trinajstić information content (AvgIpc) is 3.06. The van der Waals surface area contributed by atoms with Crippen LogP contribution in [-0.4, -0.2) is 27.9 Å². The maximum atomic E-state index is 13.9. The highest BCUT2D eigenvalue weighted by molar-refractivity contribution is 6.51. The van der Waals surface area contributed by atoms with E-state index in [1.165, 1.54) is 12.3 Å². The zero-order chi connectivity index (χ0) is 23.7. The molecule has 0 radical (unpaired) electrons. The van der Waals surface area contributed by atoms with Crippen LogP contribution in [0.25, 0.3) is 5.76 Å². The van der Waals surface area contributed by atoms with Crippen LogP contribution in [0.3, 0.4) is 0 Å². The summed E-state index contributed by atoms with van der Waals surface area (Å²) in [6, 6.07) is 13.0. The fourth-order valence-corrected chi connectivity index (χ4v) is 3.67. The fraction of sp³-hybridized carbons (Fsp3) is 0.160. The second-order valence-electron chi connectivity index (χ2n) is 7.71. The molecule has 1 aliphatic rings. The number of hydrogen-bond acceptors (Lipinski definition) is 5. The number of carbonyl (C=O) groups is 2. The first-order valence-electron chi connectivity index (χ1n) is 10.2. The Morgan fingerprint density at radius 2 is 1.76 bits per heavy atom. The number of nitrogens with zero attached hydrogens (tertiary/aromatic N) is 2. The predicted octanol–water partition coefficient (Wildman–Crippen LogP) is 4.77. The van der Waals surface area contributed by atoms with Gasteiger partial charge in [-0.3, -0.25) is 19.5 Å². The summed E-state index contributed by atoms with van der Waals surface area (Å²) in [6.45, 7) is 3.75. The molecule has 0 spiro atoms. The molecule has 168 valence electrons. The third-order valence-corrected chi connectivity index (χ3v) is 5.09. The first kappa shape index (κ1) is 22.1. The lowest BCUT2D eigenvalue weighted by atomic mass is 9.98. The van der Waals surface area contributed by atoms with Gasteiger partial charge in [-0.2, -0.15) is 0 Å². The molecule has 1 saturated heterocycles. The molecule has 2 aromatic carbocycles. The summed E-state index contributed by atoms with van der Waals surface area (Å²) in [5.74, 6) is -4.05. The quantitative estimate of drug-likeness (QED) is 0.344. The first-order valence-corrected chi connectivity index (χ1v) is 10.2. The molecule has 33 heavy (non-hydrogen) atoms. The van der Waals surface area contributed by atoms with Crippen molar-refractivity contribution in [3.63, 3.8) is 0 Å². The topological polar surface area (TPSA) is 79.7 Å². The summed E-state index contributed by atoms with van der Waals surface area (Å²) in [5.41, 5.74) is 0.324. The molecule has 8 heteroatoms. The molecular weight excluding hydrogens is 430 g/mol. The van der Waals surface area contributed by atoms with Crippen LogP contribution in [0, 0.1) is 11.6 Å². The molecule has 1 N–H and O–H groups in total. The molecule has 1 aliphatic heterocycles. The van der Waals surface area contributed by atoms with Crippen molar-refractivity contribution in [3.8, 4) is 5.75 Å². The first-order chi connectivity index (χ1) is 15.8. The highest BCUT2D eigenvalue weighted by Gasteiger charge is 2.47. The minimum Gasteiger partial charge on any atom is -0.507 e. The van der Waals surface area contributed by atoms with E-state index in [-0.39, 0.29) is 28.6 Å². The predicted molar refractivity (Wildman–Crippen MR) is 118 cm³/mol. The summed E-state index contributed by atoms with van der Waals surface area (Å²) in [6.07, 6.45) is 1.42. The number of ether oxygens (including phenoxy) is 1. The highest BCUT2D eigenvalue weighted by Crippen LogP contribution is 2.41. The van der Waals surface area contributed by atoms with Crippen molar-refractivity contribution in [3.05, 3.63) is 95.3 Å². The zero-order valence-electron chi connectivity index (χ0n) is 17.8. The number of amides is 1. The Hall–Kier alpha value is -4.07. The van der Waals surface area contributed by atoms with E-state index < -0.39 is 35.1 Å². The Morgan fingerprint density at radius 3 is 2.36 bits per heavy atom. The minimum absolute atomic E-state index is 0.0358. The van der Waals surface area contributed by atoms with Crippen molar-refractivity contribution in [2.75, 3.05) is 4.90 Å². The molecule has 1 fully saturated rings. The van der Waals surface area contributed by atoms with Crippen LogP contribution in [0.2, 0.25) is 0 Å². The van der Waals surface area contributed by atoms with Crippen molar-refractivity contribution in [2.45, 2.75) is 26.0 Å². The van der Waals surface area contributed by atoms with Gasteiger partial charge in [0, 0.05) is 23.5 Å². The van der Waals surface area contributed by atoms with Gasteiger partial charge >= 0.3 is 0 Å². The number of ketones is 1. The Morgan fingerprint density at radius 1 is 1.03 bits per heavy atom. The van der Waals surface area contributed by atoms with Crippen molar-refractivity contribution < 1.29 is 28.2 Å². The summed E-state index contributed by atoms with van der Waals surface area (Å²) < 4.78 is 33.0. The van der Waals surface area contributed by atoms with Crippen LogP contribution in [0.1, 0.15) is 31.1 Å². The molecular formula is C25H20F2N2O4. The SMILES string of the molecule is CC(C)Oc1ccc(/C(O)=C2\C(=O)C(=O)N(c3ccc(F)c(F)c3)C2c2ccccn2)cc1. The number of aliphatic hydroxyl groups is 1. The molecule has 1 amide bonds. The molecule has 1 atom stereocenters. The third kappa shape index (κ3) is 4.19. The van der Waals surface area contributed by atoms with Gasteiger partial charge in [0.15, 0.2) is 11.6 Å². The molecule has 0 saturated carbocycles. The number of anilines is 1. The van der Waals surface area contributed by atoms with E-state index >= 15 is 0 Å². The molecule has 0 aliphatic carbocycles. The summed E-state index contributed by atoms with van der Waals surface area (Å²) in [7, 11) is 0. The Kier molecular flexibility index (Phi) is 5.91. The number of pyridine rings is 1. The van der Waals surface area contributed by atoms with Gasteiger partial charge in [-0.05, 0) is 62.4 Å². The number of carbonyl (C=O) groups excluding carboxylic acids is 2. The van der Waals surface area contributed by atoms with E-state index in [1.807, 2.05) is 13.8 Å². The third-order valence-electron chi connectivity index (χ3n) is 5.09. The zero-order valence-corrected chi connectivity index (χ0v) is 17.8. The van der Waals surface area contributed by atoms with Gasteiger partial charge < -0.3 is 9.84 Å². The van der Waals surface area contributed by atoms with E-state index in [1.54, 1.807) is 42.5 Å². The monoisotopic (exact) mass is 450 g/mol. The Labute approximate surface area is 188 Å². The van der Waals surface area contributed by atoms with Crippen LogP contribution >= 0.6 is 0 Å². The summed E-state index contributed by atoms with van der Waals surface area (Å²) >= 11 is 0. The number of halogens is 2. The minimum atomic E-state index is -1.17. The van der Waals surface area contributed by atoms with Crippen molar-refractivity contribution >= 4 is 23.1 Å². The number of Topliss-reactive ketones (excluding diaryl/α,β-unsaturated/α-hetero) is 1. The number of rotatable bonds is 5. The molecule has 1 unspecified atom stereocenters. The molecule has 2 heterocycles. The van der Waals surface area contributed by atoms with Gasteiger partial charge in [0.05, 0.1) is 17.4 Å². The lowest BCUT2D eigenvalue weighted by Gasteiger charge is -2.24. The van der Waals surface area contributed by atoms with Crippen molar-refractivity contribution in [1.82, 2.24) is 4.98 Å². The number of aromatic nitrogens is 1. The standard InChI is InChI=1S/C25H20F2N2O4/c1-14(2)33-17-9-6-15(7-10-17)23(30)21-22(20-5-3-4-12-28-20)29(25(32)24(21)31)16-8-11-18(26)19(27)13-16/h3-14,22,30H,1-2H3/b23-21+. The highest BCUT2D eigenvalue weighted by atomic mass is 19.2. The van der Waals surface area contributed by atoms with Gasteiger partial charge in [0.2, 0.25) is 0 Å². The maximum absolute atomic E-state index is 13.9.